The van der Waals surface area contributed by atoms with Gasteiger partial charge in [-0.25, -0.2) is 0 Å². The molecule has 2 aromatic carbocycles. The van der Waals surface area contributed by atoms with Crippen molar-refractivity contribution in [2.45, 2.75) is 60.5 Å². The van der Waals surface area contributed by atoms with E-state index in [1.807, 2.05) is 0 Å². The summed E-state index contributed by atoms with van der Waals surface area (Å²) in [5.74, 6) is 0. The molecule has 0 aliphatic heterocycles. The average molecular weight is 445 g/mol. The normalized spacial score (nSPS) is 13.5. The molecule has 0 saturated heterocycles. The summed E-state index contributed by atoms with van der Waals surface area (Å²) < 4.78 is -1.10. The maximum absolute atomic E-state index is 6.76. The number of para-hydroxylation sites is 2. The molecular weight excluding hydrogens is 420 g/mol. The second kappa shape index (κ2) is 9.74. The second-order valence-corrected chi connectivity index (χ2v) is 10.2. The lowest BCUT2D eigenvalue weighted by Gasteiger charge is -2.11. The Kier molecular flexibility index (Phi) is 7.62. The monoisotopic (exact) mass is 443 g/mol. The smallest absolute Gasteiger partial charge is 0.190 e. The fourth-order valence-corrected chi connectivity index (χ4v) is 4.41. The van der Waals surface area contributed by atoms with Gasteiger partial charge in [0.15, 0.2) is 3.79 Å². The third kappa shape index (κ3) is 5.94. The van der Waals surface area contributed by atoms with Gasteiger partial charge in [-0.2, -0.15) is 0 Å². The molecular formula is C22H25Cl4N. The van der Waals surface area contributed by atoms with Gasteiger partial charge < -0.3 is 4.98 Å². The largest absolute Gasteiger partial charge is 0.354 e. The summed E-state index contributed by atoms with van der Waals surface area (Å²) in [6.07, 6.45) is 8.43. The van der Waals surface area contributed by atoms with Crippen molar-refractivity contribution in [2.75, 3.05) is 0 Å². The number of fused-ring (bicyclic) bond motifs is 3. The van der Waals surface area contributed by atoms with Crippen molar-refractivity contribution in [3.8, 4) is 0 Å². The van der Waals surface area contributed by atoms with Crippen LogP contribution in [0.2, 0.25) is 0 Å². The summed E-state index contributed by atoms with van der Waals surface area (Å²) in [6, 6.07) is 14.8. The number of rotatable bonds is 9. The van der Waals surface area contributed by atoms with Gasteiger partial charge in [0.25, 0.3) is 0 Å². The Morgan fingerprint density at radius 1 is 0.778 bits per heavy atom. The fourth-order valence-electron chi connectivity index (χ4n) is 3.67. The molecule has 0 fully saturated rings. The Morgan fingerprint density at radius 2 is 1.44 bits per heavy atom. The quantitative estimate of drug-likeness (QED) is 0.250. The second-order valence-electron chi connectivity index (χ2n) is 7.18. The molecule has 0 aliphatic carbocycles. The number of aromatic nitrogens is 1. The third-order valence-corrected chi connectivity index (χ3v) is 6.10. The minimum Gasteiger partial charge on any atom is -0.354 e. The standard InChI is InChI=1S/C22H25Cl4N/c23-19(13-5-3-1-2-4-8-15-22(24,25)26)18-12-9-11-17-16-10-6-7-14-20(16)27-21(17)18/h6-7,9-12,14,19,27H,1-5,8,13,15H2. The Bertz CT molecular complexity index is 865. The van der Waals surface area contributed by atoms with Crippen molar-refractivity contribution in [2.24, 2.45) is 0 Å². The molecule has 1 heterocycles. The van der Waals surface area contributed by atoms with Crippen molar-refractivity contribution in [1.29, 1.82) is 0 Å². The van der Waals surface area contributed by atoms with Gasteiger partial charge in [-0.05, 0) is 30.9 Å². The molecule has 27 heavy (non-hydrogen) atoms. The van der Waals surface area contributed by atoms with Crippen molar-refractivity contribution in [1.82, 2.24) is 4.98 Å². The van der Waals surface area contributed by atoms with Gasteiger partial charge in [0.1, 0.15) is 0 Å². The van der Waals surface area contributed by atoms with E-state index in [2.05, 4.69) is 47.4 Å². The zero-order chi connectivity index (χ0) is 19.3. The van der Waals surface area contributed by atoms with Crippen LogP contribution in [0, 0.1) is 0 Å². The molecule has 0 radical (unpaired) electrons. The first kappa shape index (κ1) is 21.1. The van der Waals surface area contributed by atoms with Gasteiger partial charge in [0, 0.05) is 16.3 Å². The minimum absolute atomic E-state index is 0.0334. The molecule has 0 spiro atoms. The number of hydrogen-bond donors (Lipinski definition) is 1. The summed E-state index contributed by atoms with van der Waals surface area (Å²) in [7, 11) is 0. The van der Waals surface area contributed by atoms with Crippen molar-refractivity contribution < 1.29 is 0 Å². The van der Waals surface area contributed by atoms with Crippen molar-refractivity contribution in [3.63, 3.8) is 0 Å². The number of alkyl halides is 4. The molecule has 146 valence electrons. The lowest BCUT2D eigenvalue weighted by molar-refractivity contribution is 0.567. The third-order valence-electron chi connectivity index (χ3n) is 5.08. The summed E-state index contributed by atoms with van der Waals surface area (Å²) in [4.78, 5) is 3.55. The Labute approximate surface area is 181 Å². The van der Waals surface area contributed by atoms with Crippen LogP contribution >= 0.6 is 46.4 Å². The molecule has 1 nitrogen and oxygen atoms in total. The van der Waals surface area contributed by atoms with E-state index in [4.69, 9.17) is 46.4 Å². The maximum atomic E-state index is 6.76. The molecule has 0 saturated carbocycles. The summed E-state index contributed by atoms with van der Waals surface area (Å²) in [5.41, 5.74) is 3.54. The van der Waals surface area contributed by atoms with Gasteiger partial charge in [-0.1, -0.05) is 103 Å². The van der Waals surface area contributed by atoms with Crippen LogP contribution in [0.3, 0.4) is 0 Å². The van der Waals surface area contributed by atoms with E-state index in [9.17, 15) is 0 Å². The Morgan fingerprint density at radius 3 is 2.22 bits per heavy atom. The zero-order valence-corrected chi connectivity index (χ0v) is 18.3. The summed E-state index contributed by atoms with van der Waals surface area (Å²) >= 11 is 24.1. The first-order valence-electron chi connectivity index (χ1n) is 9.66. The number of nitrogens with one attached hydrogen (secondary N) is 1. The fraction of sp³-hybridized carbons (Fsp3) is 0.455. The van der Waals surface area contributed by atoms with E-state index >= 15 is 0 Å². The number of unbranched alkanes of at least 4 members (excludes halogenated alkanes) is 5. The lowest BCUT2D eigenvalue weighted by atomic mass is 10.0. The maximum Gasteiger partial charge on any atom is 0.190 e. The van der Waals surface area contributed by atoms with Gasteiger partial charge in [-0.15, -0.1) is 11.6 Å². The molecule has 0 bridgehead atoms. The van der Waals surface area contributed by atoms with E-state index in [0.717, 1.165) is 25.7 Å². The highest BCUT2D eigenvalue weighted by molar-refractivity contribution is 6.67. The number of benzene rings is 2. The van der Waals surface area contributed by atoms with Crippen LogP contribution in [0.5, 0.6) is 0 Å². The van der Waals surface area contributed by atoms with Crippen LogP contribution < -0.4 is 0 Å². The van der Waals surface area contributed by atoms with E-state index in [1.54, 1.807) is 0 Å². The van der Waals surface area contributed by atoms with Crippen LogP contribution in [-0.4, -0.2) is 8.78 Å². The van der Waals surface area contributed by atoms with Gasteiger partial charge in [0.05, 0.1) is 10.9 Å². The Balaban J connectivity index is 1.48. The van der Waals surface area contributed by atoms with E-state index in [-0.39, 0.29) is 5.38 Å². The topological polar surface area (TPSA) is 15.8 Å². The van der Waals surface area contributed by atoms with Gasteiger partial charge >= 0.3 is 0 Å². The molecule has 1 N–H and O–H groups in total. The molecule has 1 aromatic heterocycles. The first-order valence-corrected chi connectivity index (χ1v) is 11.2. The molecule has 0 amide bonds. The van der Waals surface area contributed by atoms with E-state index in [1.165, 1.54) is 46.6 Å². The zero-order valence-electron chi connectivity index (χ0n) is 15.3. The predicted octanol–water partition coefficient (Wildman–Crippen LogP) is 9.09. The van der Waals surface area contributed by atoms with Crippen LogP contribution in [-0.2, 0) is 0 Å². The molecule has 3 rings (SSSR count). The molecule has 1 atom stereocenters. The van der Waals surface area contributed by atoms with Crippen LogP contribution in [0.1, 0.15) is 62.3 Å². The molecule has 0 aliphatic rings. The van der Waals surface area contributed by atoms with Crippen molar-refractivity contribution in [3.05, 3.63) is 48.0 Å². The number of H-pyrrole nitrogens is 1. The average Bonchev–Trinajstić information content (AvgIpc) is 3.01. The van der Waals surface area contributed by atoms with Gasteiger partial charge in [-0.3, -0.25) is 0 Å². The molecule has 1 unspecified atom stereocenters. The van der Waals surface area contributed by atoms with Crippen LogP contribution in [0.25, 0.3) is 21.8 Å². The summed E-state index contributed by atoms with van der Waals surface area (Å²) in [6.45, 7) is 0. The molecule has 3 aromatic rings. The summed E-state index contributed by atoms with van der Waals surface area (Å²) in [5, 5.41) is 2.54. The van der Waals surface area contributed by atoms with Crippen LogP contribution in [0.15, 0.2) is 42.5 Å². The predicted molar refractivity (Wildman–Crippen MR) is 122 cm³/mol. The van der Waals surface area contributed by atoms with Crippen molar-refractivity contribution >= 4 is 68.2 Å². The SMILES string of the molecule is ClC(CCCCCCCCC(Cl)(Cl)Cl)c1cccc2c1[nH]c1ccccc12. The lowest BCUT2D eigenvalue weighted by Crippen LogP contribution is -2.00. The van der Waals surface area contributed by atoms with E-state index in [0.29, 0.717) is 6.42 Å². The number of aromatic amines is 1. The highest BCUT2D eigenvalue weighted by atomic mass is 35.6. The number of hydrogen-bond acceptors (Lipinski definition) is 0. The van der Waals surface area contributed by atoms with Gasteiger partial charge in [0.2, 0.25) is 0 Å². The minimum atomic E-state index is -1.10. The molecule has 5 heteroatoms. The van der Waals surface area contributed by atoms with Crippen LogP contribution in [0.4, 0.5) is 0 Å². The highest BCUT2D eigenvalue weighted by Crippen LogP contribution is 2.35. The Hall–Kier alpha value is -0.600. The first-order chi connectivity index (χ1) is 13.0. The highest BCUT2D eigenvalue weighted by Gasteiger charge is 2.18. The number of halogens is 4. The van der Waals surface area contributed by atoms with E-state index < -0.39 is 3.79 Å².